The fraction of sp³-hybridized carbons (Fsp3) is 0.455. The average Bonchev–Trinajstić information content (AvgIpc) is 2.75. The first-order chi connectivity index (χ1) is 9.41. The molecule has 3 aliphatic heterocycles. The van der Waals surface area contributed by atoms with E-state index in [1.165, 1.54) is 4.31 Å². The lowest BCUT2D eigenvalue weighted by atomic mass is 10.1. The van der Waals surface area contributed by atoms with E-state index in [0.29, 0.717) is 0 Å². The van der Waals surface area contributed by atoms with E-state index >= 15 is 0 Å². The van der Waals surface area contributed by atoms with E-state index in [0.717, 1.165) is 0 Å². The van der Waals surface area contributed by atoms with Crippen LogP contribution in [0.15, 0.2) is 20.8 Å². The SMILES string of the molecule is NC(=O)C1=C(S(=O)(=O)N2CC(O)C2)C2C=IC=CC2N1. The second-order valence-electron chi connectivity index (χ2n) is 4.85. The highest BCUT2D eigenvalue weighted by molar-refractivity contribution is 14.2. The number of hydrogen-bond donors (Lipinski definition) is 3. The molecule has 0 aliphatic carbocycles. The minimum atomic E-state index is -3.76. The van der Waals surface area contributed by atoms with Crippen molar-refractivity contribution in [3.63, 3.8) is 0 Å². The van der Waals surface area contributed by atoms with Crippen LogP contribution in [0.5, 0.6) is 0 Å². The van der Waals surface area contributed by atoms with Crippen molar-refractivity contribution in [1.29, 1.82) is 0 Å². The van der Waals surface area contributed by atoms with Crippen molar-refractivity contribution in [2.75, 3.05) is 13.1 Å². The van der Waals surface area contributed by atoms with Gasteiger partial charge in [-0.15, -0.1) is 0 Å². The number of halogens is 1. The Labute approximate surface area is 126 Å². The van der Waals surface area contributed by atoms with Crippen LogP contribution in [-0.4, -0.2) is 53.0 Å². The largest absolute Gasteiger partial charge is 0.390 e. The molecule has 0 spiro atoms. The van der Waals surface area contributed by atoms with Crippen LogP contribution < -0.4 is 11.1 Å². The third kappa shape index (κ3) is 2.12. The van der Waals surface area contributed by atoms with Gasteiger partial charge in [0.15, 0.2) is 0 Å². The summed E-state index contributed by atoms with van der Waals surface area (Å²) in [5.74, 6) is -1.10. The lowest BCUT2D eigenvalue weighted by Gasteiger charge is -2.35. The molecule has 0 aromatic carbocycles. The Bertz CT molecular complexity index is 649. The molecule has 2 atom stereocenters. The molecule has 7 nitrogen and oxygen atoms in total. The number of aliphatic hydroxyl groups excluding tert-OH is 1. The number of carbonyl (C=O) groups is 1. The van der Waals surface area contributed by atoms with Crippen LogP contribution in [0.1, 0.15) is 0 Å². The molecule has 3 rings (SSSR count). The molecule has 0 aromatic heterocycles. The quantitative estimate of drug-likeness (QED) is 0.494. The summed E-state index contributed by atoms with van der Waals surface area (Å²) in [6.07, 6.45) is 1.27. The molecule has 0 aromatic rings. The van der Waals surface area contributed by atoms with Crippen LogP contribution in [0.4, 0.5) is 0 Å². The fourth-order valence-electron chi connectivity index (χ4n) is 2.45. The van der Waals surface area contributed by atoms with Gasteiger partial charge in [0, 0.05) is 19.0 Å². The summed E-state index contributed by atoms with van der Waals surface area (Å²) in [6, 6.07) is -0.220. The van der Waals surface area contributed by atoms with Crippen LogP contribution in [0.25, 0.3) is 0 Å². The van der Waals surface area contributed by atoms with Crippen molar-refractivity contribution in [3.05, 3.63) is 20.8 Å². The predicted molar refractivity (Wildman–Crippen MR) is 82.4 cm³/mol. The van der Waals surface area contributed by atoms with Crippen LogP contribution in [0.2, 0.25) is 0 Å². The smallest absolute Gasteiger partial charge is 0.265 e. The summed E-state index contributed by atoms with van der Waals surface area (Å²) in [7, 11) is -3.76. The number of nitrogens with zero attached hydrogens (tertiary/aromatic N) is 1. The Morgan fingerprint density at radius 2 is 2.20 bits per heavy atom. The molecular weight excluding hydrogens is 397 g/mol. The number of primary amides is 1. The second-order valence-corrected chi connectivity index (χ2v) is 8.91. The first-order valence-corrected chi connectivity index (χ1v) is 9.95. The molecule has 2 unspecified atom stereocenters. The third-order valence-electron chi connectivity index (χ3n) is 3.50. The van der Waals surface area contributed by atoms with Gasteiger partial charge in [-0.2, -0.15) is 4.31 Å². The number of β-amino-alcohol motifs (C(OH)–C–C–N with tert-alkyl or cyclic N) is 1. The highest BCUT2D eigenvalue weighted by Gasteiger charge is 2.46. The highest BCUT2D eigenvalue weighted by atomic mass is 127. The number of amides is 1. The van der Waals surface area contributed by atoms with Crippen LogP contribution >= 0.6 is 20.7 Å². The Morgan fingerprint density at radius 3 is 2.80 bits per heavy atom. The first-order valence-electron chi connectivity index (χ1n) is 6.02. The van der Waals surface area contributed by atoms with Gasteiger partial charge in [-0.25, -0.2) is 8.42 Å². The molecule has 0 radical (unpaired) electrons. The van der Waals surface area contributed by atoms with Crippen molar-refractivity contribution in [2.24, 2.45) is 11.7 Å². The minimum absolute atomic E-state index is 0.0202. The maximum Gasteiger partial charge on any atom is 0.265 e. The van der Waals surface area contributed by atoms with Gasteiger partial charge in [0.2, 0.25) is 10.0 Å². The zero-order valence-electron chi connectivity index (χ0n) is 10.4. The molecule has 4 N–H and O–H groups in total. The Kier molecular flexibility index (Phi) is 3.47. The van der Waals surface area contributed by atoms with E-state index in [1.807, 2.05) is 14.2 Å². The van der Waals surface area contributed by atoms with Gasteiger partial charge in [0.05, 0.1) is 17.1 Å². The Balaban J connectivity index is 2.03. The topological polar surface area (TPSA) is 113 Å². The van der Waals surface area contributed by atoms with Crippen LogP contribution in [0.3, 0.4) is 0 Å². The summed E-state index contributed by atoms with van der Waals surface area (Å²) in [5.41, 5.74) is 5.29. The minimum Gasteiger partial charge on any atom is -0.390 e. The average molecular weight is 411 g/mol. The summed E-state index contributed by atoms with van der Waals surface area (Å²) in [5, 5.41) is 12.2. The first kappa shape index (κ1) is 14.2. The molecule has 1 saturated heterocycles. The predicted octanol–water partition coefficient (Wildman–Crippen LogP) is -1.42. The molecule has 9 heteroatoms. The number of aliphatic hydroxyl groups is 1. The lowest BCUT2D eigenvalue weighted by molar-refractivity contribution is -0.114. The molecule has 110 valence electrons. The Hall–Kier alpha value is -0.780. The van der Waals surface area contributed by atoms with Crippen LogP contribution in [-0.2, 0) is 14.8 Å². The lowest BCUT2D eigenvalue weighted by Crippen LogP contribution is -2.54. The molecule has 1 amide bonds. The van der Waals surface area contributed by atoms with E-state index in [4.69, 9.17) is 5.73 Å². The normalized spacial score (nSPS) is 30.4. The van der Waals surface area contributed by atoms with Crippen molar-refractivity contribution in [2.45, 2.75) is 12.1 Å². The summed E-state index contributed by atoms with van der Waals surface area (Å²) in [6.45, 7) is 0.139. The van der Waals surface area contributed by atoms with E-state index < -0.39 is 22.0 Å². The summed E-state index contributed by atoms with van der Waals surface area (Å²) >= 11 is -0.313. The van der Waals surface area contributed by atoms with E-state index in [9.17, 15) is 18.3 Å². The van der Waals surface area contributed by atoms with Gasteiger partial charge >= 0.3 is 0 Å². The molecule has 1 fully saturated rings. The standard InChI is InChI=1S/C11H14IN3O4S/c13-11(17)9-10(7-3-12-2-1-8(7)14-9)20(18,19)15-4-6(16)5-15/h1-3,6-8,14,16H,4-5H2,(H2,13,17). The fourth-order valence-corrected chi connectivity index (χ4v) is 6.86. The number of rotatable bonds is 3. The monoisotopic (exact) mass is 411 g/mol. The maximum absolute atomic E-state index is 12.6. The number of hydrogen-bond acceptors (Lipinski definition) is 5. The van der Waals surface area contributed by atoms with E-state index in [-0.39, 0.29) is 56.4 Å². The number of fused-ring (bicyclic) bond motifs is 1. The second kappa shape index (κ2) is 4.90. The van der Waals surface area contributed by atoms with Crippen molar-refractivity contribution in [3.8, 4) is 0 Å². The number of carbonyl (C=O) groups excluding carboxylic acids is 1. The maximum atomic E-state index is 12.6. The van der Waals surface area contributed by atoms with Gasteiger partial charge in [0.25, 0.3) is 5.91 Å². The number of nitrogens with two attached hydrogens (primary N) is 1. The van der Waals surface area contributed by atoms with E-state index in [2.05, 4.69) is 5.32 Å². The number of nitrogens with one attached hydrogen (secondary N) is 1. The molecular formula is C11H14IN3O4S. The van der Waals surface area contributed by atoms with Crippen molar-refractivity contribution < 1.29 is 18.3 Å². The molecule has 0 bridgehead atoms. The molecule has 3 heterocycles. The van der Waals surface area contributed by atoms with Gasteiger partial charge in [-0.05, 0) is 8.09 Å². The van der Waals surface area contributed by atoms with Crippen LogP contribution in [0, 0.1) is 5.92 Å². The Morgan fingerprint density at radius 1 is 1.50 bits per heavy atom. The zero-order chi connectivity index (χ0) is 14.5. The highest BCUT2D eigenvalue weighted by Crippen LogP contribution is 2.36. The van der Waals surface area contributed by atoms with Gasteiger partial charge in [-0.1, -0.05) is 26.8 Å². The molecule has 3 aliphatic rings. The van der Waals surface area contributed by atoms with Gasteiger partial charge in [-0.3, -0.25) is 4.79 Å². The van der Waals surface area contributed by atoms with Crippen molar-refractivity contribution in [1.82, 2.24) is 9.62 Å². The van der Waals surface area contributed by atoms with Crippen molar-refractivity contribution >= 4 is 40.7 Å². The molecule has 20 heavy (non-hydrogen) atoms. The summed E-state index contributed by atoms with van der Waals surface area (Å²) < 4.78 is 30.4. The number of sulfonamides is 1. The van der Waals surface area contributed by atoms with Gasteiger partial charge < -0.3 is 16.2 Å². The van der Waals surface area contributed by atoms with E-state index in [1.54, 1.807) is 0 Å². The zero-order valence-corrected chi connectivity index (χ0v) is 13.3. The third-order valence-corrected chi connectivity index (χ3v) is 7.53. The molecule has 0 saturated carbocycles. The summed E-state index contributed by atoms with van der Waals surface area (Å²) in [4.78, 5) is 11.6. The van der Waals surface area contributed by atoms with Gasteiger partial charge in [0.1, 0.15) is 5.70 Å².